The van der Waals surface area contributed by atoms with Gasteiger partial charge < -0.3 is 19.0 Å². The van der Waals surface area contributed by atoms with Crippen LogP contribution in [-0.2, 0) is 4.79 Å². The lowest BCUT2D eigenvalue weighted by molar-refractivity contribution is -0.131. The zero-order chi connectivity index (χ0) is 20.6. The number of furan rings is 1. The molecule has 0 bridgehead atoms. The summed E-state index contributed by atoms with van der Waals surface area (Å²) in [6.07, 6.45) is 6.65. The molecule has 1 spiro atoms. The predicted molar refractivity (Wildman–Crippen MR) is 111 cm³/mol. The number of benzene rings is 1. The molecule has 3 aliphatic rings. The number of ether oxygens (including phenoxy) is 1. The van der Waals surface area contributed by atoms with Crippen LogP contribution in [0.5, 0.6) is 5.75 Å². The smallest absolute Gasteiger partial charge is 0.289 e. The SMILES string of the molecule is O=C(C[C@@H]1CC2(CCN(C(=O)c3ccco3)CC2)Oc2ccccc21)N1CCCC1. The van der Waals surface area contributed by atoms with Crippen LogP contribution in [0.2, 0.25) is 0 Å². The van der Waals surface area contributed by atoms with Gasteiger partial charge in [-0.1, -0.05) is 18.2 Å². The summed E-state index contributed by atoms with van der Waals surface area (Å²) in [7, 11) is 0. The van der Waals surface area contributed by atoms with E-state index in [2.05, 4.69) is 6.07 Å². The van der Waals surface area contributed by atoms with Gasteiger partial charge in [-0.25, -0.2) is 0 Å². The summed E-state index contributed by atoms with van der Waals surface area (Å²) in [5.41, 5.74) is 0.828. The van der Waals surface area contributed by atoms with Crippen molar-refractivity contribution >= 4 is 11.8 Å². The number of rotatable bonds is 3. The summed E-state index contributed by atoms with van der Waals surface area (Å²) in [6, 6.07) is 11.6. The molecular formula is C24H28N2O4. The number of fused-ring (bicyclic) bond motifs is 1. The van der Waals surface area contributed by atoms with Crippen LogP contribution in [0.3, 0.4) is 0 Å². The Balaban J connectivity index is 1.31. The molecule has 6 heteroatoms. The molecule has 1 atom stereocenters. The third kappa shape index (κ3) is 3.59. The van der Waals surface area contributed by atoms with Gasteiger partial charge in [0.2, 0.25) is 5.91 Å². The molecule has 0 N–H and O–H groups in total. The molecule has 4 heterocycles. The van der Waals surface area contributed by atoms with E-state index in [1.165, 1.54) is 6.26 Å². The van der Waals surface area contributed by atoms with Gasteiger partial charge in [0.25, 0.3) is 5.91 Å². The first-order chi connectivity index (χ1) is 14.6. The zero-order valence-electron chi connectivity index (χ0n) is 17.2. The van der Waals surface area contributed by atoms with Crippen LogP contribution in [0.25, 0.3) is 0 Å². The molecule has 0 unspecified atom stereocenters. The fraction of sp³-hybridized carbons (Fsp3) is 0.500. The highest BCUT2D eigenvalue weighted by molar-refractivity contribution is 5.91. The summed E-state index contributed by atoms with van der Waals surface area (Å²) < 4.78 is 11.8. The summed E-state index contributed by atoms with van der Waals surface area (Å²) in [5.74, 6) is 1.64. The van der Waals surface area contributed by atoms with Gasteiger partial charge in [-0.3, -0.25) is 9.59 Å². The van der Waals surface area contributed by atoms with Crippen LogP contribution in [-0.4, -0.2) is 53.4 Å². The maximum absolute atomic E-state index is 12.9. The Morgan fingerprint density at radius 3 is 2.47 bits per heavy atom. The van der Waals surface area contributed by atoms with Crippen LogP contribution in [0.4, 0.5) is 0 Å². The molecule has 2 amide bonds. The van der Waals surface area contributed by atoms with E-state index in [-0.39, 0.29) is 23.3 Å². The van der Waals surface area contributed by atoms with Crippen LogP contribution in [0, 0.1) is 0 Å². The van der Waals surface area contributed by atoms with E-state index in [0.29, 0.717) is 25.3 Å². The highest BCUT2D eigenvalue weighted by Crippen LogP contribution is 2.46. The van der Waals surface area contributed by atoms with Crippen LogP contribution < -0.4 is 4.74 Å². The number of hydrogen-bond donors (Lipinski definition) is 0. The van der Waals surface area contributed by atoms with Crippen molar-refractivity contribution in [2.75, 3.05) is 26.2 Å². The fourth-order valence-corrected chi connectivity index (χ4v) is 5.21. The van der Waals surface area contributed by atoms with Gasteiger partial charge in [0.1, 0.15) is 11.4 Å². The topological polar surface area (TPSA) is 63.0 Å². The molecule has 0 radical (unpaired) electrons. The van der Waals surface area contributed by atoms with Crippen molar-refractivity contribution in [1.82, 2.24) is 9.80 Å². The second kappa shape index (κ2) is 7.82. The van der Waals surface area contributed by atoms with E-state index >= 15 is 0 Å². The van der Waals surface area contributed by atoms with E-state index in [9.17, 15) is 9.59 Å². The molecule has 30 heavy (non-hydrogen) atoms. The van der Waals surface area contributed by atoms with Gasteiger partial charge >= 0.3 is 0 Å². The minimum Gasteiger partial charge on any atom is -0.487 e. The molecule has 0 aliphatic carbocycles. The summed E-state index contributed by atoms with van der Waals surface area (Å²) in [4.78, 5) is 29.4. The van der Waals surface area contributed by atoms with E-state index in [0.717, 1.165) is 56.5 Å². The number of piperidine rings is 1. The number of likely N-dealkylation sites (tertiary alicyclic amines) is 2. The Labute approximate surface area is 176 Å². The molecule has 6 nitrogen and oxygen atoms in total. The van der Waals surface area contributed by atoms with E-state index in [4.69, 9.17) is 9.15 Å². The van der Waals surface area contributed by atoms with Crippen LogP contribution in [0.15, 0.2) is 47.1 Å². The second-order valence-corrected chi connectivity index (χ2v) is 8.79. The second-order valence-electron chi connectivity index (χ2n) is 8.79. The maximum atomic E-state index is 12.9. The molecule has 158 valence electrons. The van der Waals surface area contributed by atoms with Crippen LogP contribution >= 0.6 is 0 Å². The summed E-state index contributed by atoms with van der Waals surface area (Å²) >= 11 is 0. The molecule has 1 aromatic heterocycles. The molecule has 2 aromatic rings. The highest BCUT2D eigenvalue weighted by Gasteiger charge is 2.44. The van der Waals surface area contributed by atoms with Gasteiger partial charge in [0.05, 0.1) is 6.26 Å². The lowest BCUT2D eigenvalue weighted by Gasteiger charge is -2.47. The van der Waals surface area contributed by atoms with Crippen LogP contribution in [0.1, 0.15) is 60.6 Å². The quantitative estimate of drug-likeness (QED) is 0.774. The Morgan fingerprint density at radius 1 is 0.967 bits per heavy atom. The van der Waals surface area contributed by atoms with E-state index in [1.807, 2.05) is 28.0 Å². The standard InChI is InChI=1S/C24H28N2O4/c27-22(25-11-3-4-12-25)16-18-17-24(30-20-7-2-1-6-19(18)20)9-13-26(14-10-24)23(28)21-8-5-15-29-21/h1-2,5-8,15,18H,3-4,9-14,16-17H2/t18-/m1/s1. The largest absolute Gasteiger partial charge is 0.487 e. The fourth-order valence-electron chi connectivity index (χ4n) is 5.21. The monoisotopic (exact) mass is 408 g/mol. The minimum atomic E-state index is -0.315. The highest BCUT2D eigenvalue weighted by atomic mass is 16.5. The van der Waals surface area contributed by atoms with Crippen molar-refractivity contribution in [1.29, 1.82) is 0 Å². The molecule has 1 aromatic carbocycles. The molecule has 3 aliphatic heterocycles. The summed E-state index contributed by atoms with van der Waals surface area (Å²) in [5, 5.41) is 0. The molecule has 2 fully saturated rings. The lowest BCUT2D eigenvalue weighted by atomic mass is 9.76. The number of carbonyl (C=O) groups is 2. The van der Waals surface area contributed by atoms with Crippen molar-refractivity contribution in [3.63, 3.8) is 0 Å². The number of amides is 2. The summed E-state index contributed by atoms with van der Waals surface area (Å²) in [6.45, 7) is 3.04. The average Bonchev–Trinajstić information content (AvgIpc) is 3.48. The lowest BCUT2D eigenvalue weighted by Crippen LogP contribution is -2.52. The number of nitrogens with zero attached hydrogens (tertiary/aromatic N) is 2. The third-order valence-electron chi connectivity index (χ3n) is 6.88. The third-order valence-corrected chi connectivity index (χ3v) is 6.88. The van der Waals surface area contributed by atoms with E-state index < -0.39 is 0 Å². The van der Waals surface area contributed by atoms with E-state index in [1.54, 1.807) is 12.1 Å². The Bertz CT molecular complexity index is 909. The minimum absolute atomic E-state index is 0.0631. The van der Waals surface area contributed by atoms with Gasteiger partial charge in [0.15, 0.2) is 5.76 Å². The van der Waals surface area contributed by atoms with Gasteiger partial charge in [-0.05, 0) is 43.0 Å². The van der Waals surface area contributed by atoms with Crippen molar-refractivity contribution in [3.8, 4) is 5.75 Å². The van der Waals surface area contributed by atoms with Crippen molar-refractivity contribution in [3.05, 3.63) is 54.0 Å². The normalized spacial score (nSPS) is 22.6. The number of para-hydroxylation sites is 1. The molecular weight excluding hydrogens is 380 g/mol. The Morgan fingerprint density at radius 2 is 1.73 bits per heavy atom. The number of hydrogen-bond acceptors (Lipinski definition) is 4. The predicted octanol–water partition coefficient (Wildman–Crippen LogP) is 3.83. The Hall–Kier alpha value is -2.76. The van der Waals surface area contributed by atoms with Gasteiger partial charge in [-0.2, -0.15) is 0 Å². The zero-order valence-corrected chi connectivity index (χ0v) is 17.2. The first-order valence-corrected chi connectivity index (χ1v) is 11.0. The van der Waals surface area contributed by atoms with Gasteiger partial charge in [-0.15, -0.1) is 0 Å². The van der Waals surface area contributed by atoms with Crippen molar-refractivity contribution in [2.24, 2.45) is 0 Å². The first-order valence-electron chi connectivity index (χ1n) is 11.0. The Kier molecular flexibility index (Phi) is 5.01. The maximum Gasteiger partial charge on any atom is 0.289 e. The molecule has 0 saturated carbocycles. The molecule has 5 rings (SSSR count). The number of carbonyl (C=O) groups excluding carboxylic acids is 2. The first kappa shape index (κ1) is 19.2. The van der Waals surface area contributed by atoms with Crippen molar-refractivity contribution in [2.45, 2.75) is 50.0 Å². The van der Waals surface area contributed by atoms with Gasteiger partial charge in [0, 0.05) is 51.4 Å². The average molecular weight is 408 g/mol. The molecule has 2 saturated heterocycles. The van der Waals surface area contributed by atoms with Crippen molar-refractivity contribution < 1.29 is 18.7 Å².